The number of hydrogen-bond acceptors (Lipinski definition) is 5. The fourth-order valence-electron chi connectivity index (χ4n) is 4.55. The molecule has 2 N–H and O–H groups in total. The first kappa shape index (κ1) is 24.0. The van der Waals surface area contributed by atoms with E-state index in [-0.39, 0.29) is 17.6 Å². The highest BCUT2D eigenvalue weighted by Gasteiger charge is 2.26. The van der Waals surface area contributed by atoms with Gasteiger partial charge in [-0.3, -0.25) is 19.6 Å². The zero-order valence-corrected chi connectivity index (χ0v) is 21.3. The number of thiophene rings is 1. The molecule has 1 saturated heterocycles. The fraction of sp³-hybridized carbons (Fsp3) is 0.296. The number of benzene rings is 2. The van der Waals surface area contributed by atoms with Gasteiger partial charge in [-0.05, 0) is 74.7 Å². The maximum absolute atomic E-state index is 13.7. The topological polar surface area (TPSA) is 81.3 Å². The number of H-pyrrole nitrogens is 1. The van der Waals surface area contributed by atoms with Crippen LogP contribution < -0.4 is 15.1 Å². The molecule has 1 aliphatic rings. The van der Waals surface area contributed by atoms with Gasteiger partial charge in [0.25, 0.3) is 11.8 Å². The third kappa shape index (κ3) is 4.58. The molecule has 1 fully saturated rings. The second kappa shape index (κ2) is 9.39. The number of carbonyl (C=O) groups is 2. The van der Waals surface area contributed by atoms with Crippen molar-refractivity contribution in [2.45, 2.75) is 32.2 Å². The van der Waals surface area contributed by atoms with Crippen LogP contribution in [0.25, 0.3) is 10.2 Å². The minimum atomic E-state index is -0.774. The van der Waals surface area contributed by atoms with Crippen molar-refractivity contribution in [2.24, 2.45) is 0 Å². The molecule has 4 aromatic rings. The molecular formula is C27H28FN5O2S. The molecule has 0 radical (unpaired) electrons. The smallest absolute Gasteiger partial charge is 0.262 e. The first-order valence-corrected chi connectivity index (χ1v) is 12.7. The number of rotatable bonds is 6. The highest BCUT2D eigenvalue weighted by Crippen LogP contribution is 2.32. The summed E-state index contributed by atoms with van der Waals surface area (Å²) < 4.78 is 13.7. The Morgan fingerprint density at radius 1 is 1.11 bits per heavy atom. The second-order valence-corrected chi connectivity index (χ2v) is 10.6. The Hall–Kier alpha value is -3.72. The Bertz CT molecular complexity index is 1420. The molecule has 1 aliphatic heterocycles. The summed E-state index contributed by atoms with van der Waals surface area (Å²) in [5.41, 5.74) is 1.60. The van der Waals surface area contributed by atoms with Crippen molar-refractivity contribution in [3.8, 4) is 0 Å². The number of anilines is 2. The molecule has 0 spiro atoms. The summed E-state index contributed by atoms with van der Waals surface area (Å²) in [6.07, 6.45) is 2.39. The molecule has 0 bridgehead atoms. The van der Waals surface area contributed by atoms with Crippen LogP contribution in [0.5, 0.6) is 0 Å². The maximum atomic E-state index is 13.7. The van der Waals surface area contributed by atoms with Crippen LogP contribution >= 0.6 is 11.3 Å². The number of halogens is 1. The van der Waals surface area contributed by atoms with E-state index >= 15 is 0 Å². The van der Waals surface area contributed by atoms with Gasteiger partial charge in [-0.15, -0.1) is 11.3 Å². The first-order chi connectivity index (χ1) is 17.2. The van der Waals surface area contributed by atoms with Gasteiger partial charge >= 0.3 is 0 Å². The Labute approximate surface area is 212 Å². The number of aromatic amines is 1. The number of amides is 2. The van der Waals surface area contributed by atoms with E-state index in [0.29, 0.717) is 32.0 Å². The van der Waals surface area contributed by atoms with Crippen LogP contribution in [0.1, 0.15) is 52.3 Å². The third-order valence-electron chi connectivity index (χ3n) is 6.65. The molecule has 186 valence electrons. The van der Waals surface area contributed by atoms with Crippen LogP contribution in [0.2, 0.25) is 0 Å². The summed E-state index contributed by atoms with van der Waals surface area (Å²) >= 11 is 1.23. The summed E-state index contributed by atoms with van der Waals surface area (Å²) in [5.74, 6) is -0.284. The molecule has 36 heavy (non-hydrogen) atoms. The number of carbonyl (C=O) groups excluding carboxylic acids is 2. The molecule has 3 heterocycles. The highest BCUT2D eigenvalue weighted by molar-refractivity contribution is 7.20. The van der Waals surface area contributed by atoms with E-state index in [1.165, 1.54) is 41.2 Å². The lowest BCUT2D eigenvalue weighted by Crippen LogP contribution is -2.40. The van der Waals surface area contributed by atoms with Crippen LogP contribution in [-0.4, -0.2) is 42.1 Å². The van der Waals surface area contributed by atoms with Gasteiger partial charge in [-0.25, -0.2) is 4.39 Å². The van der Waals surface area contributed by atoms with Crippen LogP contribution in [0.15, 0.2) is 54.6 Å². The molecule has 2 aromatic heterocycles. The molecule has 0 aliphatic carbocycles. The van der Waals surface area contributed by atoms with Crippen LogP contribution in [0, 0.1) is 5.82 Å². The van der Waals surface area contributed by atoms with E-state index in [1.807, 2.05) is 38.1 Å². The molecule has 2 amide bonds. The molecule has 9 heteroatoms. The van der Waals surface area contributed by atoms with E-state index < -0.39 is 5.54 Å². The molecule has 0 unspecified atom stereocenters. The number of nitrogens with one attached hydrogen (secondary N) is 2. The summed E-state index contributed by atoms with van der Waals surface area (Å²) in [4.78, 5) is 31.2. The highest BCUT2D eigenvalue weighted by atomic mass is 32.1. The minimum Gasteiger partial charge on any atom is -0.372 e. The van der Waals surface area contributed by atoms with Gasteiger partial charge in [0.05, 0.1) is 15.8 Å². The molecule has 0 saturated carbocycles. The Balaban J connectivity index is 1.33. The quantitative estimate of drug-likeness (QED) is 0.372. The Kier molecular flexibility index (Phi) is 6.26. The van der Waals surface area contributed by atoms with Gasteiger partial charge < -0.3 is 10.2 Å². The lowest BCUT2D eigenvalue weighted by atomic mass is 9.94. The van der Waals surface area contributed by atoms with Crippen molar-refractivity contribution in [3.05, 3.63) is 76.4 Å². The standard InChI is InChI=1S/C27H28FN5O2S/c1-27(2,18-7-6-8-19(28)15-18)29-24(34)22-16-21-23(30-31-25(21)36-22)32(3)26(35)17-9-11-20(12-10-17)33-13-4-5-14-33/h6-12,15-16H,4-5,13-14H2,1-3H3,(H,29,34)(H,30,31). The lowest BCUT2D eigenvalue weighted by molar-refractivity contribution is 0.0915. The van der Waals surface area contributed by atoms with E-state index in [2.05, 4.69) is 20.4 Å². The van der Waals surface area contributed by atoms with Crippen molar-refractivity contribution in [1.82, 2.24) is 15.5 Å². The normalized spacial score (nSPS) is 13.8. The SMILES string of the molecule is CN(C(=O)c1ccc(N2CCCC2)cc1)c1[nH]nc2sc(C(=O)NC(C)(C)c3cccc(F)c3)cc12. The largest absolute Gasteiger partial charge is 0.372 e. The lowest BCUT2D eigenvalue weighted by Gasteiger charge is -2.26. The van der Waals surface area contributed by atoms with E-state index in [9.17, 15) is 14.0 Å². The van der Waals surface area contributed by atoms with Crippen molar-refractivity contribution < 1.29 is 14.0 Å². The zero-order chi connectivity index (χ0) is 25.4. The molecule has 7 nitrogen and oxygen atoms in total. The number of fused-ring (bicyclic) bond motifs is 1. The van der Waals surface area contributed by atoms with Crippen LogP contribution in [0.3, 0.4) is 0 Å². The minimum absolute atomic E-state index is 0.169. The first-order valence-electron chi connectivity index (χ1n) is 11.9. The number of nitrogens with zero attached hydrogens (tertiary/aromatic N) is 3. The van der Waals surface area contributed by atoms with E-state index in [4.69, 9.17) is 0 Å². The van der Waals surface area contributed by atoms with Gasteiger partial charge in [0, 0.05) is 31.4 Å². The van der Waals surface area contributed by atoms with Gasteiger partial charge in [0.2, 0.25) is 0 Å². The second-order valence-electron chi connectivity index (χ2n) is 9.60. The Morgan fingerprint density at radius 2 is 1.83 bits per heavy atom. The molecular weight excluding hydrogens is 477 g/mol. The van der Waals surface area contributed by atoms with E-state index in [0.717, 1.165) is 18.8 Å². The average Bonchev–Trinajstić information content (AvgIpc) is 3.61. The van der Waals surface area contributed by atoms with E-state index in [1.54, 1.807) is 25.2 Å². The Morgan fingerprint density at radius 3 is 2.53 bits per heavy atom. The predicted octanol–water partition coefficient (Wildman–Crippen LogP) is 5.31. The average molecular weight is 506 g/mol. The van der Waals surface area contributed by atoms with Crippen LogP contribution in [0.4, 0.5) is 15.9 Å². The summed E-state index contributed by atoms with van der Waals surface area (Å²) in [6.45, 7) is 5.75. The summed E-state index contributed by atoms with van der Waals surface area (Å²) in [5, 5.41) is 10.9. The zero-order valence-electron chi connectivity index (χ0n) is 20.5. The molecule has 2 aromatic carbocycles. The van der Waals surface area contributed by atoms with Crippen molar-refractivity contribution >= 4 is 44.9 Å². The van der Waals surface area contributed by atoms with Gasteiger partial charge in [0.1, 0.15) is 16.5 Å². The monoisotopic (exact) mass is 505 g/mol. The molecule has 0 atom stereocenters. The fourth-order valence-corrected chi connectivity index (χ4v) is 5.43. The number of aromatic nitrogens is 2. The van der Waals surface area contributed by atoms with Crippen molar-refractivity contribution in [2.75, 3.05) is 29.9 Å². The summed E-state index contributed by atoms with van der Waals surface area (Å²) in [6, 6.07) is 15.6. The van der Waals surface area contributed by atoms with Gasteiger partial charge in [0.15, 0.2) is 0 Å². The summed E-state index contributed by atoms with van der Waals surface area (Å²) in [7, 11) is 1.69. The number of hydrogen-bond donors (Lipinski definition) is 2. The maximum Gasteiger partial charge on any atom is 0.262 e. The van der Waals surface area contributed by atoms with Gasteiger partial charge in [-0.1, -0.05) is 12.1 Å². The third-order valence-corrected chi connectivity index (χ3v) is 7.68. The van der Waals surface area contributed by atoms with Crippen molar-refractivity contribution in [3.63, 3.8) is 0 Å². The van der Waals surface area contributed by atoms with Crippen molar-refractivity contribution in [1.29, 1.82) is 0 Å². The molecule has 5 rings (SSSR count). The van der Waals surface area contributed by atoms with Gasteiger partial charge in [-0.2, -0.15) is 5.10 Å². The predicted molar refractivity (Wildman–Crippen MR) is 141 cm³/mol. The van der Waals surface area contributed by atoms with Crippen LogP contribution in [-0.2, 0) is 5.54 Å².